The Morgan fingerprint density at radius 1 is 1.28 bits per heavy atom. The smallest absolute Gasteiger partial charge is 0.335 e. The zero-order chi connectivity index (χ0) is 18.0. The summed E-state index contributed by atoms with van der Waals surface area (Å²) in [4.78, 5) is 31.4. The number of amides is 1. The highest BCUT2D eigenvalue weighted by atomic mass is 32.1. The van der Waals surface area contributed by atoms with Gasteiger partial charge in [-0.15, -0.1) is 11.3 Å². The van der Waals surface area contributed by atoms with Gasteiger partial charge in [-0.2, -0.15) is 0 Å². The van der Waals surface area contributed by atoms with Crippen molar-refractivity contribution < 1.29 is 14.7 Å². The molecule has 1 aliphatic rings. The summed E-state index contributed by atoms with van der Waals surface area (Å²) in [5, 5.41) is 10.1. The molecule has 0 aliphatic carbocycles. The number of carboxylic acid groups (broad SMARTS) is 1. The molecule has 2 heterocycles. The Morgan fingerprint density at radius 2 is 2.00 bits per heavy atom. The summed E-state index contributed by atoms with van der Waals surface area (Å²) >= 11 is 1.74. The van der Waals surface area contributed by atoms with Crippen molar-refractivity contribution in [3.05, 3.63) is 51.0 Å². The zero-order valence-corrected chi connectivity index (χ0v) is 15.3. The number of aromatic carboxylic acids is 1. The van der Waals surface area contributed by atoms with Crippen LogP contribution in [0.25, 0.3) is 0 Å². The van der Waals surface area contributed by atoms with Crippen molar-refractivity contribution in [1.82, 2.24) is 9.88 Å². The van der Waals surface area contributed by atoms with E-state index in [-0.39, 0.29) is 11.5 Å². The quantitative estimate of drug-likeness (QED) is 0.909. The fourth-order valence-corrected chi connectivity index (χ4v) is 4.18. The van der Waals surface area contributed by atoms with E-state index >= 15 is 0 Å². The van der Waals surface area contributed by atoms with Gasteiger partial charge in [-0.05, 0) is 44.4 Å². The van der Waals surface area contributed by atoms with E-state index in [9.17, 15) is 9.59 Å². The number of thiazole rings is 1. The largest absolute Gasteiger partial charge is 0.478 e. The summed E-state index contributed by atoms with van der Waals surface area (Å²) in [6.45, 7) is 5.62. The molecule has 1 unspecified atom stereocenters. The third-order valence-electron chi connectivity index (χ3n) is 4.72. The summed E-state index contributed by atoms with van der Waals surface area (Å²) < 4.78 is 0. The maximum atomic E-state index is 12.6. The molecule has 0 spiro atoms. The van der Waals surface area contributed by atoms with Crippen molar-refractivity contribution in [1.29, 1.82) is 0 Å². The normalized spacial score (nSPS) is 17.5. The van der Waals surface area contributed by atoms with Crippen LogP contribution in [0.15, 0.2) is 24.3 Å². The van der Waals surface area contributed by atoms with Gasteiger partial charge in [-0.1, -0.05) is 12.1 Å². The lowest BCUT2D eigenvalue weighted by atomic mass is 9.98. The van der Waals surface area contributed by atoms with E-state index in [1.165, 1.54) is 4.88 Å². The average Bonchev–Trinajstić information content (AvgIpc) is 2.94. The summed E-state index contributed by atoms with van der Waals surface area (Å²) in [5.74, 6) is -0.534. The zero-order valence-electron chi connectivity index (χ0n) is 14.5. The van der Waals surface area contributed by atoms with Crippen molar-refractivity contribution in [2.45, 2.75) is 39.0 Å². The van der Waals surface area contributed by atoms with Gasteiger partial charge in [-0.3, -0.25) is 4.79 Å². The number of nitrogens with zero attached hydrogens (tertiary/aromatic N) is 2. The molecule has 2 aromatic rings. The molecule has 1 fully saturated rings. The first-order valence-electron chi connectivity index (χ1n) is 8.48. The topological polar surface area (TPSA) is 70.5 Å². The maximum absolute atomic E-state index is 12.6. The molecule has 1 N–H and O–H groups in total. The lowest BCUT2D eigenvalue weighted by Crippen LogP contribution is -2.39. The van der Waals surface area contributed by atoms with Gasteiger partial charge in [0.2, 0.25) is 5.91 Å². The molecule has 0 bridgehead atoms. The van der Waals surface area contributed by atoms with Crippen LogP contribution in [-0.4, -0.2) is 40.0 Å². The number of piperidine rings is 1. The highest BCUT2D eigenvalue weighted by molar-refractivity contribution is 7.11. The number of likely N-dealkylation sites (tertiary alicyclic amines) is 1. The highest BCUT2D eigenvalue weighted by Crippen LogP contribution is 2.31. The molecule has 0 saturated carbocycles. The van der Waals surface area contributed by atoms with Gasteiger partial charge in [-0.25, -0.2) is 9.78 Å². The lowest BCUT2D eigenvalue weighted by molar-refractivity contribution is -0.131. The van der Waals surface area contributed by atoms with Crippen molar-refractivity contribution in [2.75, 3.05) is 13.1 Å². The van der Waals surface area contributed by atoms with Crippen LogP contribution < -0.4 is 0 Å². The Balaban J connectivity index is 1.64. The molecule has 3 rings (SSSR count). The second-order valence-electron chi connectivity index (χ2n) is 6.55. The van der Waals surface area contributed by atoms with Gasteiger partial charge in [0.1, 0.15) is 0 Å². The van der Waals surface area contributed by atoms with Gasteiger partial charge in [0.15, 0.2) is 0 Å². The molecule has 1 aliphatic heterocycles. The van der Waals surface area contributed by atoms with Crippen LogP contribution in [0.4, 0.5) is 0 Å². The Hall–Kier alpha value is -2.21. The Morgan fingerprint density at radius 3 is 2.60 bits per heavy atom. The van der Waals surface area contributed by atoms with Crippen LogP contribution in [-0.2, 0) is 11.2 Å². The van der Waals surface area contributed by atoms with Crippen LogP contribution in [0.3, 0.4) is 0 Å². The molecule has 1 atom stereocenters. The molecular weight excluding hydrogens is 336 g/mol. The first-order valence-corrected chi connectivity index (χ1v) is 9.29. The van der Waals surface area contributed by atoms with Crippen molar-refractivity contribution >= 4 is 23.2 Å². The summed E-state index contributed by atoms with van der Waals surface area (Å²) in [6.07, 6.45) is 2.37. The fraction of sp³-hybridized carbons (Fsp3) is 0.421. The molecule has 0 radical (unpaired) electrons. The Kier molecular flexibility index (Phi) is 5.18. The molecule has 1 aromatic heterocycles. The third-order valence-corrected chi connectivity index (χ3v) is 5.96. The number of rotatable bonds is 4. The monoisotopic (exact) mass is 358 g/mol. The number of benzene rings is 1. The number of carbonyl (C=O) groups is 2. The van der Waals surface area contributed by atoms with Crippen LogP contribution >= 0.6 is 11.3 Å². The summed E-state index contributed by atoms with van der Waals surface area (Å²) in [5.41, 5.74) is 2.17. The predicted molar refractivity (Wildman–Crippen MR) is 97.2 cm³/mol. The molecule has 5 nitrogen and oxygen atoms in total. The van der Waals surface area contributed by atoms with Crippen LogP contribution in [0.5, 0.6) is 0 Å². The number of aromatic nitrogens is 1. The molecule has 1 saturated heterocycles. The molecular formula is C19H22N2O3S. The van der Waals surface area contributed by atoms with Gasteiger partial charge in [0.25, 0.3) is 0 Å². The first-order chi connectivity index (χ1) is 11.9. The fourth-order valence-electron chi connectivity index (χ4n) is 3.13. The van der Waals surface area contributed by atoms with Crippen LogP contribution in [0, 0.1) is 13.8 Å². The summed E-state index contributed by atoms with van der Waals surface area (Å²) in [6, 6.07) is 6.53. The number of aryl methyl sites for hydroxylation is 2. The van der Waals surface area contributed by atoms with E-state index in [1.54, 1.807) is 35.6 Å². The van der Waals surface area contributed by atoms with E-state index in [2.05, 4.69) is 11.9 Å². The number of carboxylic acids is 1. The van der Waals surface area contributed by atoms with Crippen molar-refractivity contribution in [2.24, 2.45) is 0 Å². The van der Waals surface area contributed by atoms with Gasteiger partial charge < -0.3 is 10.0 Å². The van der Waals surface area contributed by atoms with E-state index in [1.807, 2.05) is 11.8 Å². The number of hydrogen-bond donors (Lipinski definition) is 1. The molecule has 1 aromatic carbocycles. The summed E-state index contributed by atoms with van der Waals surface area (Å²) in [7, 11) is 0. The predicted octanol–water partition coefficient (Wildman–Crippen LogP) is 3.41. The third kappa shape index (κ3) is 4.07. The number of hydrogen-bond acceptors (Lipinski definition) is 4. The number of carbonyl (C=O) groups excluding carboxylic acids is 1. The minimum atomic E-state index is -0.953. The lowest BCUT2D eigenvalue weighted by Gasteiger charge is -2.32. The Bertz CT molecular complexity index is 763. The second-order valence-corrected chi connectivity index (χ2v) is 7.79. The second kappa shape index (κ2) is 7.35. The minimum absolute atomic E-state index is 0.0952. The standard InChI is InChI=1S/C19H22N2O3S/c1-12-13(2)25-18(20-12)16-4-3-9-21(11-16)17(22)10-14-5-7-15(8-6-14)19(23)24/h5-8,16H,3-4,9-11H2,1-2H3,(H,23,24). The Labute approximate surface area is 151 Å². The van der Waals surface area contributed by atoms with E-state index < -0.39 is 5.97 Å². The maximum Gasteiger partial charge on any atom is 0.335 e. The average molecular weight is 358 g/mol. The van der Waals surface area contributed by atoms with Gasteiger partial charge in [0.05, 0.1) is 22.7 Å². The molecule has 132 valence electrons. The molecule has 25 heavy (non-hydrogen) atoms. The molecule has 6 heteroatoms. The highest BCUT2D eigenvalue weighted by Gasteiger charge is 2.27. The van der Waals surface area contributed by atoms with E-state index in [0.29, 0.717) is 12.3 Å². The van der Waals surface area contributed by atoms with Crippen molar-refractivity contribution in [3.63, 3.8) is 0 Å². The van der Waals surface area contributed by atoms with Crippen LogP contribution in [0.2, 0.25) is 0 Å². The van der Waals surface area contributed by atoms with Gasteiger partial charge in [0, 0.05) is 23.9 Å². The SMILES string of the molecule is Cc1nc(C2CCCN(C(=O)Cc3ccc(C(=O)O)cc3)C2)sc1C. The minimum Gasteiger partial charge on any atom is -0.478 e. The van der Waals surface area contributed by atoms with Crippen molar-refractivity contribution in [3.8, 4) is 0 Å². The van der Waals surface area contributed by atoms with E-state index in [4.69, 9.17) is 5.11 Å². The first kappa shape index (κ1) is 17.6. The molecule has 1 amide bonds. The van der Waals surface area contributed by atoms with Gasteiger partial charge >= 0.3 is 5.97 Å². The van der Waals surface area contributed by atoms with E-state index in [0.717, 1.165) is 42.2 Å². The van der Waals surface area contributed by atoms with Crippen LogP contribution in [0.1, 0.15) is 50.3 Å².